The molecule has 1 atom stereocenters. The van der Waals surface area contributed by atoms with Crippen molar-refractivity contribution >= 4 is 5.96 Å². The summed E-state index contributed by atoms with van der Waals surface area (Å²) in [5, 5.41) is 6.66. The van der Waals surface area contributed by atoms with E-state index in [-0.39, 0.29) is 6.04 Å². The Morgan fingerprint density at radius 3 is 2.68 bits per heavy atom. The summed E-state index contributed by atoms with van der Waals surface area (Å²) in [6.07, 6.45) is 0.980. The van der Waals surface area contributed by atoms with Gasteiger partial charge in [0.15, 0.2) is 5.96 Å². The fraction of sp³-hybridized carbons (Fsp3) is 0.533. The van der Waals surface area contributed by atoms with Crippen LogP contribution in [0.1, 0.15) is 31.9 Å². The lowest BCUT2D eigenvalue weighted by Gasteiger charge is -2.18. The summed E-state index contributed by atoms with van der Waals surface area (Å²) in [5.41, 5.74) is 1.25. The highest BCUT2D eigenvalue weighted by molar-refractivity contribution is 5.80. The molecular formula is C15H25N3O. The molecule has 0 spiro atoms. The summed E-state index contributed by atoms with van der Waals surface area (Å²) in [7, 11) is 1.79. The monoisotopic (exact) mass is 263 g/mol. The van der Waals surface area contributed by atoms with Crippen LogP contribution in [0, 0.1) is 0 Å². The van der Waals surface area contributed by atoms with Crippen LogP contribution >= 0.6 is 0 Å². The first-order valence-electron chi connectivity index (χ1n) is 6.87. The van der Waals surface area contributed by atoms with Crippen molar-refractivity contribution in [1.29, 1.82) is 0 Å². The zero-order valence-electron chi connectivity index (χ0n) is 12.1. The van der Waals surface area contributed by atoms with Crippen molar-refractivity contribution in [2.75, 3.05) is 26.8 Å². The number of ether oxygens (including phenoxy) is 1. The van der Waals surface area contributed by atoms with E-state index in [1.807, 2.05) is 25.1 Å². The third-order valence-electron chi connectivity index (χ3n) is 2.84. The highest BCUT2D eigenvalue weighted by Gasteiger charge is 2.06. The molecule has 4 nitrogen and oxygen atoms in total. The Morgan fingerprint density at radius 1 is 1.32 bits per heavy atom. The summed E-state index contributed by atoms with van der Waals surface area (Å²) in [4.78, 5) is 4.22. The minimum absolute atomic E-state index is 0.235. The minimum atomic E-state index is 0.235. The Kier molecular flexibility index (Phi) is 7.66. The van der Waals surface area contributed by atoms with Crippen molar-refractivity contribution in [3.8, 4) is 0 Å². The topological polar surface area (TPSA) is 45.6 Å². The molecule has 1 aromatic carbocycles. The normalized spacial score (nSPS) is 13.1. The second kappa shape index (κ2) is 9.39. The number of nitrogens with zero attached hydrogens (tertiary/aromatic N) is 1. The first-order chi connectivity index (χ1) is 9.27. The number of nitrogens with one attached hydrogen (secondary N) is 2. The standard InChI is InChI=1S/C15H25N3O/c1-4-19-12-8-11-17-15(16-3)18-13(2)14-9-6-5-7-10-14/h5-7,9-10,13H,4,8,11-12H2,1-3H3,(H2,16,17,18). The molecule has 0 saturated heterocycles. The minimum Gasteiger partial charge on any atom is -0.382 e. The molecule has 106 valence electrons. The quantitative estimate of drug-likeness (QED) is 0.451. The van der Waals surface area contributed by atoms with Crippen LogP contribution < -0.4 is 10.6 Å². The molecule has 0 saturated carbocycles. The SMILES string of the molecule is CCOCCCNC(=NC)NC(C)c1ccccc1. The zero-order valence-corrected chi connectivity index (χ0v) is 12.1. The van der Waals surface area contributed by atoms with Crippen molar-refractivity contribution in [3.05, 3.63) is 35.9 Å². The van der Waals surface area contributed by atoms with E-state index in [0.717, 1.165) is 32.1 Å². The van der Waals surface area contributed by atoms with Gasteiger partial charge in [0.25, 0.3) is 0 Å². The van der Waals surface area contributed by atoms with Crippen LogP contribution in [0.4, 0.5) is 0 Å². The van der Waals surface area contributed by atoms with E-state index in [4.69, 9.17) is 4.74 Å². The molecule has 0 radical (unpaired) electrons. The number of rotatable bonds is 7. The van der Waals surface area contributed by atoms with Crippen molar-refractivity contribution in [2.45, 2.75) is 26.3 Å². The van der Waals surface area contributed by atoms with Gasteiger partial charge >= 0.3 is 0 Å². The van der Waals surface area contributed by atoms with E-state index in [9.17, 15) is 0 Å². The first-order valence-corrected chi connectivity index (χ1v) is 6.87. The van der Waals surface area contributed by atoms with Gasteiger partial charge in [-0.25, -0.2) is 0 Å². The van der Waals surface area contributed by atoms with Crippen LogP contribution in [0.25, 0.3) is 0 Å². The Labute approximate surface area is 116 Å². The van der Waals surface area contributed by atoms with Crippen molar-refractivity contribution < 1.29 is 4.74 Å². The fourth-order valence-corrected chi connectivity index (χ4v) is 1.75. The van der Waals surface area contributed by atoms with E-state index in [2.05, 4.69) is 34.7 Å². The van der Waals surface area contributed by atoms with Crippen molar-refractivity contribution in [1.82, 2.24) is 10.6 Å². The molecule has 0 aliphatic carbocycles. The summed E-state index contributed by atoms with van der Waals surface area (Å²) in [5.74, 6) is 0.827. The van der Waals surface area contributed by atoms with Crippen LogP contribution in [0.5, 0.6) is 0 Å². The van der Waals surface area contributed by atoms with E-state index >= 15 is 0 Å². The molecule has 0 fully saturated rings. The summed E-state index contributed by atoms with van der Waals surface area (Å²) in [6, 6.07) is 10.6. The molecule has 0 aliphatic rings. The largest absolute Gasteiger partial charge is 0.382 e. The Hall–Kier alpha value is -1.55. The van der Waals surface area contributed by atoms with Gasteiger partial charge in [0.1, 0.15) is 0 Å². The van der Waals surface area contributed by atoms with Gasteiger partial charge in [-0.05, 0) is 25.8 Å². The van der Waals surface area contributed by atoms with Crippen LogP contribution in [0.2, 0.25) is 0 Å². The van der Waals surface area contributed by atoms with Gasteiger partial charge in [-0.15, -0.1) is 0 Å². The van der Waals surface area contributed by atoms with Crippen LogP contribution in [0.3, 0.4) is 0 Å². The van der Waals surface area contributed by atoms with Crippen LogP contribution in [0.15, 0.2) is 35.3 Å². The van der Waals surface area contributed by atoms with Gasteiger partial charge in [-0.3, -0.25) is 4.99 Å². The lowest BCUT2D eigenvalue weighted by Crippen LogP contribution is -2.39. The molecular weight excluding hydrogens is 238 g/mol. The maximum Gasteiger partial charge on any atom is 0.191 e. The third-order valence-corrected chi connectivity index (χ3v) is 2.84. The Morgan fingerprint density at radius 2 is 2.05 bits per heavy atom. The Balaban J connectivity index is 2.32. The summed E-state index contributed by atoms with van der Waals surface area (Å²) in [6.45, 7) is 6.56. The van der Waals surface area contributed by atoms with Crippen LogP contribution in [-0.2, 0) is 4.74 Å². The van der Waals surface area contributed by atoms with E-state index < -0.39 is 0 Å². The molecule has 0 bridgehead atoms. The second-order valence-corrected chi connectivity index (χ2v) is 4.33. The fourth-order valence-electron chi connectivity index (χ4n) is 1.75. The van der Waals surface area contributed by atoms with Crippen LogP contribution in [-0.4, -0.2) is 32.8 Å². The maximum atomic E-state index is 5.30. The van der Waals surface area contributed by atoms with Crippen molar-refractivity contribution in [2.24, 2.45) is 4.99 Å². The summed E-state index contributed by atoms with van der Waals surface area (Å²) >= 11 is 0. The zero-order chi connectivity index (χ0) is 13.9. The van der Waals surface area contributed by atoms with Gasteiger partial charge in [0, 0.05) is 26.8 Å². The molecule has 0 aromatic heterocycles. The molecule has 2 N–H and O–H groups in total. The van der Waals surface area contributed by atoms with Gasteiger partial charge in [-0.1, -0.05) is 30.3 Å². The first kappa shape index (κ1) is 15.5. The molecule has 1 aromatic rings. The van der Waals surface area contributed by atoms with E-state index in [0.29, 0.717) is 0 Å². The number of guanidine groups is 1. The van der Waals surface area contributed by atoms with Gasteiger partial charge < -0.3 is 15.4 Å². The number of benzene rings is 1. The average molecular weight is 263 g/mol. The predicted molar refractivity (Wildman–Crippen MR) is 80.5 cm³/mol. The molecule has 1 rings (SSSR count). The highest BCUT2D eigenvalue weighted by atomic mass is 16.5. The highest BCUT2D eigenvalue weighted by Crippen LogP contribution is 2.10. The lowest BCUT2D eigenvalue weighted by molar-refractivity contribution is 0.145. The van der Waals surface area contributed by atoms with Gasteiger partial charge in [0.2, 0.25) is 0 Å². The third kappa shape index (κ3) is 6.25. The molecule has 0 amide bonds. The molecule has 19 heavy (non-hydrogen) atoms. The number of aliphatic imine (C=N–C) groups is 1. The average Bonchev–Trinajstić information content (AvgIpc) is 2.46. The van der Waals surface area contributed by atoms with E-state index in [1.54, 1.807) is 7.05 Å². The summed E-state index contributed by atoms with van der Waals surface area (Å²) < 4.78 is 5.30. The van der Waals surface area contributed by atoms with Crippen molar-refractivity contribution in [3.63, 3.8) is 0 Å². The molecule has 0 aliphatic heterocycles. The maximum absolute atomic E-state index is 5.30. The number of hydrogen-bond donors (Lipinski definition) is 2. The Bertz CT molecular complexity index is 365. The lowest BCUT2D eigenvalue weighted by atomic mass is 10.1. The molecule has 4 heteroatoms. The van der Waals surface area contributed by atoms with Gasteiger partial charge in [0.05, 0.1) is 6.04 Å². The second-order valence-electron chi connectivity index (χ2n) is 4.33. The van der Waals surface area contributed by atoms with E-state index in [1.165, 1.54) is 5.56 Å². The predicted octanol–water partition coefficient (Wildman–Crippen LogP) is 2.34. The molecule has 1 unspecified atom stereocenters. The smallest absolute Gasteiger partial charge is 0.191 e. The van der Waals surface area contributed by atoms with Gasteiger partial charge in [-0.2, -0.15) is 0 Å². The molecule has 0 heterocycles. The number of hydrogen-bond acceptors (Lipinski definition) is 2.